The molecule has 0 rings (SSSR count). The summed E-state index contributed by atoms with van der Waals surface area (Å²) in [5, 5.41) is 9.18. The highest BCUT2D eigenvalue weighted by atomic mass is 127. The second-order valence-corrected chi connectivity index (χ2v) is 6.38. The van der Waals surface area contributed by atoms with Crippen LogP contribution < -0.4 is 16.0 Å². The van der Waals surface area contributed by atoms with E-state index >= 15 is 0 Å². The van der Waals surface area contributed by atoms with Crippen LogP contribution in [0, 0.1) is 0 Å². The standard InChI is InChI=1S/C16H35N5O.HI/c1-7-21(8-2)12-10-9-11-18-15(17-6)19-13-14(22)20-16(3,4)5;/h7-13H2,1-6H3,(H,20,22)(H2,17,18,19);1H. The summed E-state index contributed by atoms with van der Waals surface area (Å²) >= 11 is 0. The second-order valence-electron chi connectivity index (χ2n) is 6.38. The smallest absolute Gasteiger partial charge is 0.239 e. The molecule has 6 nitrogen and oxygen atoms in total. The number of hydrogen-bond donors (Lipinski definition) is 3. The lowest BCUT2D eigenvalue weighted by atomic mass is 10.1. The van der Waals surface area contributed by atoms with Gasteiger partial charge in [0, 0.05) is 19.1 Å². The van der Waals surface area contributed by atoms with Gasteiger partial charge in [-0.3, -0.25) is 9.79 Å². The van der Waals surface area contributed by atoms with Crippen LogP contribution in [-0.2, 0) is 4.79 Å². The third kappa shape index (κ3) is 14.7. The Morgan fingerprint density at radius 3 is 2.17 bits per heavy atom. The number of rotatable bonds is 9. The largest absolute Gasteiger partial charge is 0.356 e. The Labute approximate surface area is 159 Å². The van der Waals surface area contributed by atoms with Crippen molar-refractivity contribution in [3.63, 3.8) is 0 Å². The van der Waals surface area contributed by atoms with Crippen LogP contribution in [0.5, 0.6) is 0 Å². The van der Waals surface area contributed by atoms with E-state index in [1.807, 2.05) is 20.8 Å². The van der Waals surface area contributed by atoms with Crippen LogP contribution in [0.4, 0.5) is 0 Å². The van der Waals surface area contributed by atoms with Crippen molar-refractivity contribution in [1.82, 2.24) is 20.9 Å². The summed E-state index contributed by atoms with van der Waals surface area (Å²) in [6, 6.07) is 0. The maximum Gasteiger partial charge on any atom is 0.239 e. The molecule has 1 amide bonds. The zero-order valence-electron chi connectivity index (χ0n) is 15.7. The number of nitrogens with zero attached hydrogens (tertiary/aromatic N) is 2. The lowest BCUT2D eigenvalue weighted by Gasteiger charge is -2.21. The first-order chi connectivity index (χ1) is 10.3. The minimum absolute atomic E-state index is 0. The van der Waals surface area contributed by atoms with Crippen LogP contribution in [0.2, 0.25) is 0 Å². The van der Waals surface area contributed by atoms with Gasteiger partial charge in [-0.1, -0.05) is 13.8 Å². The molecule has 7 heteroatoms. The van der Waals surface area contributed by atoms with Gasteiger partial charge in [0.25, 0.3) is 0 Å². The zero-order chi connectivity index (χ0) is 17.0. The van der Waals surface area contributed by atoms with Crippen molar-refractivity contribution in [1.29, 1.82) is 0 Å². The first kappa shape index (κ1) is 24.7. The minimum Gasteiger partial charge on any atom is -0.356 e. The van der Waals surface area contributed by atoms with Crippen LogP contribution in [0.25, 0.3) is 0 Å². The van der Waals surface area contributed by atoms with Crippen molar-refractivity contribution in [2.45, 2.75) is 53.0 Å². The lowest BCUT2D eigenvalue weighted by Crippen LogP contribution is -2.48. The molecule has 0 spiro atoms. The molecule has 0 aliphatic rings. The SMILES string of the molecule is CCN(CC)CCCCNC(=NC)NCC(=O)NC(C)(C)C.I. The van der Waals surface area contributed by atoms with Crippen molar-refractivity contribution < 1.29 is 4.79 Å². The fourth-order valence-corrected chi connectivity index (χ4v) is 2.05. The molecule has 0 fully saturated rings. The predicted molar refractivity (Wildman–Crippen MR) is 110 cm³/mol. The first-order valence-electron chi connectivity index (χ1n) is 8.30. The highest BCUT2D eigenvalue weighted by Gasteiger charge is 2.13. The summed E-state index contributed by atoms with van der Waals surface area (Å²) in [6.45, 7) is 14.7. The Morgan fingerprint density at radius 2 is 1.70 bits per heavy atom. The van der Waals surface area contributed by atoms with E-state index < -0.39 is 0 Å². The number of nitrogens with one attached hydrogen (secondary N) is 3. The Bertz CT molecular complexity index is 338. The first-order valence-corrected chi connectivity index (χ1v) is 8.30. The van der Waals surface area contributed by atoms with Crippen LogP contribution in [0.1, 0.15) is 47.5 Å². The number of amides is 1. The normalized spacial score (nSPS) is 11.9. The van der Waals surface area contributed by atoms with Crippen molar-refractivity contribution in [3.8, 4) is 0 Å². The monoisotopic (exact) mass is 441 g/mol. The molecule has 0 aromatic rings. The summed E-state index contributed by atoms with van der Waals surface area (Å²) in [5.41, 5.74) is -0.208. The number of hydrogen-bond acceptors (Lipinski definition) is 3. The molecule has 0 radical (unpaired) electrons. The lowest BCUT2D eigenvalue weighted by molar-refractivity contribution is -0.121. The van der Waals surface area contributed by atoms with Gasteiger partial charge >= 0.3 is 0 Å². The van der Waals surface area contributed by atoms with Gasteiger partial charge in [-0.15, -0.1) is 24.0 Å². The third-order valence-corrected chi connectivity index (χ3v) is 3.24. The molecule has 0 unspecified atom stereocenters. The second kappa shape index (κ2) is 13.8. The Morgan fingerprint density at radius 1 is 1.09 bits per heavy atom. The van der Waals surface area contributed by atoms with E-state index in [0.717, 1.165) is 39.0 Å². The summed E-state index contributed by atoms with van der Waals surface area (Å²) in [5.74, 6) is 0.642. The fraction of sp³-hybridized carbons (Fsp3) is 0.875. The van der Waals surface area contributed by atoms with Gasteiger partial charge in [-0.05, 0) is 53.2 Å². The van der Waals surface area contributed by atoms with Gasteiger partial charge in [0.15, 0.2) is 5.96 Å². The van der Waals surface area contributed by atoms with Gasteiger partial charge in [0.1, 0.15) is 0 Å². The molecule has 0 heterocycles. The van der Waals surface area contributed by atoms with Crippen molar-refractivity contribution in [3.05, 3.63) is 0 Å². The molecule has 138 valence electrons. The van der Waals surface area contributed by atoms with E-state index in [1.165, 1.54) is 0 Å². The zero-order valence-corrected chi connectivity index (χ0v) is 18.0. The summed E-state index contributed by atoms with van der Waals surface area (Å²) in [4.78, 5) is 18.3. The van der Waals surface area contributed by atoms with E-state index in [-0.39, 0.29) is 42.0 Å². The molecule has 0 aromatic heterocycles. The molecule has 23 heavy (non-hydrogen) atoms. The van der Waals surface area contributed by atoms with E-state index in [4.69, 9.17) is 0 Å². The van der Waals surface area contributed by atoms with Crippen molar-refractivity contribution in [2.75, 3.05) is 39.8 Å². The number of carbonyl (C=O) groups excluding carboxylic acids is 1. The number of unbranched alkanes of at least 4 members (excludes halogenated alkanes) is 1. The molecule has 0 saturated heterocycles. The average Bonchev–Trinajstić information content (AvgIpc) is 2.44. The Kier molecular flexibility index (Phi) is 14.8. The average molecular weight is 441 g/mol. The van der Waals surface area contributed by atoms with Gasteiger partial charge in [-0.25, -0.2) is 0 Å². The summed E-state index contributed by atoms with van der Waals surface area (Å²) in [7, 11) is 1.72. The number of carbonyl (C=O) groups is 1. The van der Waals surface area contributed by atoms with E-state index in [9.17, 15) is 4.79 Å². The molecule has 0 saturated carbocycles. The number of aliphatic imine (C=N–C) groups is 1. The van der Waals surface area contributed by atoms with E-state index in [1.54, 1.807) is 7.05 Å². The van der Waals surface area contributed by atoms with Crippen LogP contribution in [0.15, 0.2) is 4.99 Å². The Balaban J connectivity index is 0. The van der Waals surface area contributed by atoms with Crippen LogP contribution in [0.3, 0.4) is 0 Å². The highest BCUT2D eigenvalue weighted by Crippen LogP contribution is 1.97. The number of guanidine groups is 1. The van der Waals surface area contributed by atoms with Gasteiger partial charge in [0.05, 0.1) is 6.54 Å². The quantitative estimate of drug-likeness (QED) is 0.221. The molecule has 3 N–H and O–H groups in total. The topological polar surface area (TPSA) is 68.8 Å². The van der Waals surface area contributed by atoms with Crippen molar-refractivity contribution >= 4 is 35.8 Å². The van der Waals surface area contributed by atoms with Crippen molar-refractivity contribution in [2.24, 2.45) is 4.99 Å². The van der Waals surface area contributed by atoms with E-state index in [2.05, 4.69) is 39.7 Å². The summed E-state index contributed by atoms with van der Waals surface area (Å²) in [6.07, 6.45) is 2.25. The molecule has 0 aromatic carbocycles. The highest BCUT2D eigenvalue weighted by molar-refractivity contribution is 14.0. The predicted octanol–water partition coefficient (Wildman–Crippen LogP) is 1.81. The maximum absolute atomic E-state index is 11.7. The third-order valence-electron chi connectivity index (χ3n) is 3.24. The molecule has 0 atom stereocenters. The van der Waals surface area contributed by atoms with Gasteiger partial charge < -0.3 is 20.9 Å². The van der Waals surface area contributed by atoms with Gasteiger partial charge in [-0.2, -0.15) is 0 Å². The van der Waals surface area contributed by atoms with Crippen LogP contribution in [-0.4, -0.2) is 62.1 Å². The molecule has 0 aliphatic heterocycles. The molecule has 0 aliphatic carbocycles. The van der Waals surface area contributed by atoms with E-state index in [0.29, 0.717) is 5.96 Å². The molecule has 0 bridgehead atoms. The molecular weight excluding hydrogens is 405 g/mol. The summed E-state index contributed by atoms with van der Waals surface area (Å²) < 4.78 is 0. The maximum atomic E-state index is 11.7. The minimum atomic E-state index is -0.208. The van der Waals surface area contributed by atoms with Gasteiger partial charge in [0.2, 0.25) is 5.91 Å². The molecular formula is C16H36IN5O. The number of halogens is 1. The van der Waals surface area contributed by atoms with Crippen LogP contribution >= 0.6 is 24.0 Å². The fourth-order valence-electron chi connectivity index (χ4n) is 2.05. The Hall–Kier alpha value is -0.570.